The minimum absolute atomic E-state index is 0.0512. The molecule has 0 aromatic carbocycles. The van der Waals surface area contributed by atoms with Crippen LogP contribution in [0.1, 0.15) is 12.8 Å². The molecule has 2 aliphatic heterocycles. The molecule has 88 valence electrons. The summed E-state index contributed by atoms with van der Waals surface area (Å²) in [6.45, 7) is 5.82. The number of hydrazine groups is 1. The van der Waals surface area contributed by atoms with E-state index in [2.05, 4.69) is 10.4 Å². The molecule has 0 aromatic heterocycles. The molecule has 3 N–H and O–H groups in total. The predicted octanol–water partition coefficient (Wildman–Crippen LogP) is -0.669. The fraction of sp³-hybridized carbons (Fsp3) is 1.00. The van der Waals surface area contributed by atoms with Crippen LogP contribution in [0.15, 0.2) is 0 Å². The monoisotopic (exact) mass is 215 g/mol. The highest BCUT2D eigenvalue weighted by atomic mass is 16.5. The summed E-state index contributed by atoms with van der Waals surface area (Å²) >= 11 is 0. The highest BCUT2D eigenvalue weighted by Crippen LogP contribution is 2.20. The Kier molecular flexibility index (Phi) is 3.93. The first-order chi connectivity index (χ1) is 7.35. The Labute approximate surface area is 90.9 Å². The average molecular weight is 215 g/mol. The molecule has 0 aromatic rings. The number of nitrogens with one attached hydrogen (secondary N) is 1. The third-order valence-corrected chi connectivity index (χ3v) is 3.25. The van der Waals surface area contributed by atoms with E-state index in [0.29, 0.717) is 6.54 Å². The van der Waals surface area contributed by atoms with E-state index in [4.69, 9.17) is 15.2 Å². The van der Waals surface area contributed by atoms with Gasteiger partial charge in [0.05, 0.1) is 13.2 Å². The van der Waals surface area contributed by atoms with Gasteiger partial charge < -0.3 is 15.2 Å². The second-order valence-corrected chi connectivity index (χ2v) is 4.31. The van der Waals surface area contributed by atoms with E-state index in [1.165, 1.54) is 0 Å². The maximum absolute atomic E-state index is 5.88. The lowest BCUT2D eigenvalue weighted by Crippen LogP contribution is -2.62. The van der Waals surface area contributed by atoms with Crippen molar-refractivity contribution in [2.45, 2.75) is 18.4 Å². The van der Waals surface area contributed by atoms with E-state index in [0.717, 1.165) is 52.4 Å². The van der Waals surface area contributed by atoms with Crippen molar-refractivity contribution in [3.63, 3.8) is 0 Å². The molecule has 2 aliphatic rings. The second kappa shape index (κ2) is 5.23. The number of morpholine rings is 1. The van der Waals surface area contributed by atoms with Crippen LogP contribution < -0.4 is 11.2 Å². The van der Waals surface area contributed by atoms with Gasteiger partial charge in [-0.1, -0.05) is 0 Å². The molecule has 5 nitrogen and oxygen atoms in total. The Balaban J connectivity index is 1.87. The van der Waals surface area contributed by atoms with E-state index in [1.54, 1.807) is 0 Å². The van der Waals surface area contributed by atoms with E-state index < -0.39 is 0 Å². The summed E-state index contributed by atoms with van der Waals surface area (Å²) < 4.78 is 10.7. The number of nitrogens with zero attached hydrogens (tertiary/aromatic N) is 1. The van der Waals surface area contributed by atoms with Gasteiger partial charge in [0.2, 0.25) is 0 Å². The first kappa shape index (κ1) is 11.3. The molecule has 15 heavy (non-hydrogen) atoms. The highest BCUT2D eigenvalue weighted by Gasteiger charge is 2.33. The fourth-order valence-corrected chi connectivity index (χ4v) is 2.13. The molecule has 0 aliphatic carbocycles. The quantitative estimate of drug-likeness (QED) is 0.654. The lowest BCUT2D eigenvalue weighted by Gasteiger charge is -2.42. The van der Waals surface area contributed by atoms with Crippen molar-refractivity contribution in [3.8, 4) is 0 Å². The van der Waals surface area contributed by atoms with Crippen LogP contribution in [0, 0.1) is 0 Å². The average Bonchev–Trinajstić information content (AvgIpc) is 2.32. The molecule has 2 heterocycles. The maximum atomic E-state index is 5.88. The minimum atomic E-state index is 0.0512. The van der Waals surface area contributed by atoms with Crippen LogP contribution in [0.25, 0.3) is 0 Å². The van der Waals surface area contributed by atoms with E-state index in [9.17, 15) is 0 Å². The molecular weight excluding hydrogens is 194 g/mol. The molecule has 0 atom stereocenters. The summed E-state index contributed by atoms with van der Waals surface area (Å²) in [6.07, 6.45) is 2.00. The first-order valence-electron chi connectivity index (χ1n) is 5.73. The summed E-state index contributed by atoms with van der Waals surface area (Å²) in [5, 5.41) is 2.24. The van der Waals surface area contributed by atoms with Crippen LogP contribution in [-0.2, 0) is 9.47 Å². The van der Waals surface area contributed by atoms with Crippen LogP contribution in [-0.4, -0.2) is 56.6 Å². The molecule has 0 unspecified atom stereocenters. The highest BCUT2D eigenvalue weighted by molar-refractivity contribution is 4.90. The topological polar surface area (TPSA) is 59.8 Å². The van der Waals surface area contributed by atoms with Gasteiger partial charge in [0.25, 0.3) is 0 Å². The maximum Gasteiger partial charge on any atom is 0.0608 e. The van der Waals surface area contributed by atoms with E-state index in [-0.39, 0.29) is 5.54 Å². The van der Waals surface area contributed by atoms with Crippen molar-refractivity contribution in [2.75, 3.05) is 46.1 Å². The van der Waals surface area contributed by atoms with Crippen molar-refractivity contribution < 1.29 is 9.47 Å². The Morgan fingerprint density at radius 2 is 1.67 bits per heavy atom. The molecule has 2 rings (SSSR count). The smallest absolute Gasteiger partial charge is 0.0608 e. The van der Waals surface area contributed by atoms with Gasteiger partial charge in [-0.05, 0) is 12.8 Å². The zero-order valence-corrected chi connectivity index (χ0v) is 9.21. The van der Waals surface area contributed by atoms with Crippen LogP contribution >= 0.6 is 0 Å². The molecule has 0 bridgehead atoms. The molecule has 0 amide bonds. The molecular formula is C10H21N3O2. The number of rotatable bonds is 3. The molecule has 2 saturated heterocycles. The summed E-state index contributed by atoms with van der Waals surface area (Å²) in [6, 6.07) is 0. The van der Waals surface area contributed by atoms with Gasteiger partial charge >= 0.3 is 0 Å². The van der Waals surface area contributed by atoms with Crippen LogP contribution in [0.4, 0.5) is 0 Å². The zero-order chi connectivity index (χ0) is 10.6. The minimum Gasteiger partial charge on any atom is -0.381 e. The Morgan fingerprint density at radius 3 is 2.27 bits per heavy atom. The largest absolute Gasteiger partial charge is 0.381 e. The number of nitrogens with two attached hydrogens (primary N) is 1. The van der Waals surface area contributed by atoms with Crippen molar-refractivity contribution in [1.29, 1.82) is 0 Å². The number of ether oxygens (including phenoxy) is 2. The Bertz CT molecular complexity index is 189. The van der Waals surface area contributed by atoms with Gasteiger partial charge in [-0.2, -0.15) is 0 Å². The van der Waals surface area contributed by atoms with E-state index >= 15 is 0 Å². The van der Waals surface area contributed by atoms with Gasteiger partial charge in [0.1, 0.15) is 0 Å². The normalized spacial score (nSPS) is 27.8. The lowest BCUT2D eigenvalue weighted by molar-refractivity contribution is -0.0409. The van der Waals surface area contributed by atoms with Crippen molar-refractivity contribution in [3.05, 3.63) is 0 Å². The first-order valence-corrected chi connectivity index (χ1v) is 5.73. The van der Waals surface area contributed by atoms with Crippen LogP contribution in [0.3, 0.4) is 0 Å². The van der Waals surface area contributed by atoms with Gasteiger partial charge in [-0.3, -0.25) is 0 Å². The van der Waals surface area contributed by atoms with Gasteiger partial charge in [0, 0.05) is 38.4 Å². The summed E-state index contributed by atoms with van der Waals surface area (Å²) in [7, 11) is 0. The summed E-state index contributed by atoms with van der Waals surface area (Å²) in [4.78, 5) is 0. The fourth-order valence-electron chi connectivity index (χ4n) is 2.13. The third-order valence-electron chi connectivity index (χ3n) is 3.25. The summed E-state index contributed by atoms with van der Waals surface area (Å²) in [5.74, 6) is 0. The summed E-state index contributed by atoms with van der Waals surface area (Å²) in [5.41, 5.74) is 9.50. The number of hydrogen-bond acceptors (Lipinski definition) is 5. The van der Waals surface area contributed by atoms with Crippen LogP contribution in [0.2, 0.25) is 0 Å². The molecule has 0 spiro atoms. The standard InChI is InChI=1S/C10H21N3O2/c11-9-10(1-5-14-6-2-10)12-13-3-7-15-8-4-13/h12H,1-9,11H2. The molecule has 0 radical (unpaired) electrons. The third kappa shape index (κ3) is 2.89. The van der Waals surface area contributed by atoms with Gasteiger partial charge in [0.15, 0.2) is 0 Å². The zero-order valence-electron chi connectivity index (χ0n) is 9.21. The number of hydrogen-bond donors (Lipinski definition) is 2. The van der Waals surface area contributed by atoms with Gasteiger partial charge in [-0.25, -0.2) is 10.4 Å². The molecule has 5 heteroatoms. The van der Waals surface area contributed by atoms with Crippen molar-refractivity contribution in [2.24, 2.45) is 5.73 Å². The van der Waals surface area contributed by atoms with Crippen molar-refractivity contribution >= 4 is 0 Å². The van der Waals surface area contributed by atoms with E-state index in [1.807, 2.05) is 0 Å². The SMILES string of the molecule is NCC1(NN2CCOCC2)CCOCC1. The second-order valence-electron chi connectivity index (χ2n) is 4.31. The lowest BCUT2D eigenvalue weighted by atomic mass is 9.91. The van der Waals surface area contributed by atoms with Crippen LogP contribution in [0.5, 0.6) is 0 Å². The van der Waals surface area contributed by atoms with Crippen molar-refractivity contribution in [1.82, 2.24) is 10.4 Å². The Morgan fingerprint density at radius 1 is 1.07 bits per heavy atom. The predicted molar refractivity (Wildman–Crippen MR) is 57.4 cm³/mol. The molecule has 2 fully saturated rings. The molecule has 0 saturated carbocycles. The Hall–Kier alpha value is -0.200. The van der Waals surface area contributed by atoms with Gasteiger partial charge in [-0.15, -0.1) is 0 Å².